The molecule has 1 aromatic rings. The second-order valence-corrected chi connectivity index (χ2v) is 4.63. The molecule has 0 heterocycles. The number of benzene rings is 1. The number of alkyl halides is 1. The van der Waals surface area contributed by atoms with Crippen molar-refractivity contribution in [2.45, 2.75) is 38.7 Å². The Bertz CT molecular complexity index is 309. The first-order valence-corrected chi connectivity index (χ1v) is 6.82. The molecule has 1 atom stereocenters. The molecule has 96 valence electrons. The number of aliphatic hydroxyl groups excluding tert-OH is 1. The molecule has 3 heteroatoms. The molecule has 2 nitrogen and oxygen atoms in total. The third kappa shape index (κ3) is 4.57. The van der Waals surface area contributed by atoms with Crippen molar-refractivity contribution >= 4 is 17.3 Å². The normalized spacial score (nSPS) is 12.8. The van der Waals surface area contributed by atoms with Crippen LogP contribution in [0.2, 0.25) is 0 Å². The second kappa shape index (κ2) is 7.57. The zero-order chi connectivity index (χ0) is 12.7. The smallest absolute Gasteiger partial charge is 0.0847 e. The molecule has 0 bridgehead atoms. The topological polar surface area (TPSA) is 32.3 Å². The first-order valence-electron chi connectivity index (χ1n) is 6.29. The van der Waals surface area contributed by atoms with E-state index in [0.717, 1.165) is 5.69 Å². The molecule has 1 rings (SSSR count). The Morgan fingerprint density at radius 1 is 1.18 bits per heavy atom. The van der Waals surface area contributed by atoms with Gasteiger partial charge in [0.05, 0.1) is 12.0 Å². The molecule has 0 fully saturated rings. The Morgan fingerprint density at radius 3 is 2.24 bits per heavy atom. The molecule has 0 aromatic heterocycles. The maximum absolute atomic E-state index is 9.34. The standard InChI is InChI=1S/C14H22ClNO/c1-3-11(4-2)12-5-7-13(8-6-12)16-10-14(17)9-15/h5-8,11,14,16-17H,3-4,9-10H2,1-2H3. The largest absolute Gasteiger partial charge is 0.390 e. The van der Waals surface area contributed by atoms with Gasteiger partial charge in [0, 0.05) is 12.2 Å². The van der Waals surface area contributed by atoms with Crippen molar-refractivity contribution in [1.29, 1.82) is 0 Å². The summed E-state index contributed by atoms with van der Waals surface area (Å²) >= 11 is 5.53. The van der Waals surface area contributed by atoms with Crippen molar-refractivity contribution in [3.8, 4) is 0 Å². The lowest BCUT2D eigenvalue weighted by molar-refractivity contribution is 0.211. The third-order valence-electron chi connectivity index (χ3n) is 3.09. The number of anilines is 1. The van der Waals surface area contributed by atoms with Crippen molar-refractivity contribution in [3.63, 3.8) is 0 Å². The van der Waals surface area contributed by atoms with Crippen LogP contribution in [0.3, 0.4) is 0 Å². The molecule has 0 saturated carbocycles. The summed E-state index contributed by atoms with van der Waals surface area (Å²) in [6.07, 6.45) is 1.86. The summed E-state index contributed by atoms with van der Waals surface area (Å²) in [4.78, 5) is 0. The van der Waals surface area contributed by atoms with Gasteiger partial charge in [-0.1, -0.05) is 26.0 Å². The van der Waals surface area contributed by atoms with E-state index < -0.39 is 6.10 Å². The minimum absolute atomic E-state index is 0.263. The number of rotatable bonds is 7. The molecule has 1 unspecified atom stereocenters. The number of hydrogen-bond donors (Lipinski definition) is 2. The minimum Gasteiger partial charge on any atom is -0.390 e. The van der Waals surface area contributed by atoms with Crippen molar-refractivity contribution in [2.75, 3.05) is 17.7 Å². The predicted molar refractivity (Wildman–Crippen MR) is 75.0 cm³/mol. The van der Waals surface area contributed by atoms with Crippen LogP contribution in [0.25, 0.3) is 0 Å². The van der Waals surface area contributed by atoms with Crippen LogP contribution in [0.15, 0.2) is 24.3 Å². The van der Waals surface area contributed by atoms with Crippen LogP contribution >= 0.6 is 11.6 Å². The molecule has 0 spiro atoms. The summed E-state index contributed by atoms with van der Waals surface area (Å²) in [6, 6.07) is 8.45. The van der Waals surface area contributed by atoms with Crippen molar-refractivity contribution in [1.82, 2.24) is 0 Å². The minimum atomic E-state index is -0.490. The van der Waals surface area contributed by atoms with Crippen LogP contribution in [-0.2, 0) is 0 Å². The molecule has 2 N–H and O–H groups in total. The Morgan fingerprint density at radius 2 is 1.76 bits per heavy atom. The van der Waals surface area contributed by atoms with Crippen LogP contribution in [0.4, 0.5) is 5.69 Å². The molecule has 1 aromatic carbocycles. The van der Waals surface area contributed by atoms with E-state index in [0.29, 0.717) is 12.5 Å². The fourth-order valence-electron chi connectivity index (χ4n) is 1.92. The molecular formula is C14H22ClNO. The number of hydrogen-bond acceptors (Lipinski definition) is 2. The van der Waals surface area contributed by atoms with E-state index in [-0.39, 0.29) is 5.88 Å². The average Bonchev–Trinajstić information content (AvgIpc) is 2.38. The predicted octanol–water partition coefficient (Wildman–Crippen LogP) is 3.60. The molecule has 0 aliphatic heterocycles. The Labute approximate surface area is 109 Å². The highest BCUT2D eigenvalue weighted by Gasteiger charge is 2.06. The lowest BCUT2D eigenvalue weighted by Crippen LogP contribution is -2.20. The van der Waals surface area contributed by atoms with E-state index >= 15 is 0 Å². The van der Waals surface area contributed by atoms with E-state index in [4.69, 9.17) is 11.6 Å². The highest BCUT2D eigenvalue weighted by Crippen LogP contribution is 2.24. The van der Waals surface area contributed by atoms with Gasteiger partial charge >= 0.3 is 0 Å². The molecule has 0 radical (unpaired) electrons. The van der Waals surface area contributed by atoms with Gasteiger partial charge in [-0.15, -0.1) is 11.6 Å². The second-order valence-electron chi connectivity index (χ2n) is 4.32. The van der Waals surface area contributed by atoms with Crippen LogP contribution in [-0.4, -0.2) is 23.6 Å². The summed E-state index contributed by atoms with van der Waals surface area (Å²) in [7, 11) is 0. The number of halogens is 1. The molecule has 0 saturated heterocycles. The quantitative estimate of drug-likeness (QED) is 0.730. The summed E-state index contributed by atoms with van der Waals surface area (Å²) in [5, 5.41) is 12.5. The van der Waals surface area contributed by atoms with Crippen LogP contribution in [0.5, 0.6) is 0 Å². The molecule has 0 aliphatic carbocycles. The van der Waals surface area contributed by atoms with E-state index in [9.17, 15) is 5.11 Å². The maximum Gasteiger partial charge on any atom is 0.0847 e. The van der Waals surface area contributed by atoms with E-state index in [2.05, 4.69) is 43.4 Å². The van der Waals surface area contributed by atoms with E-state index in [1.54, 1.807) is 0 Å². The van der Waals surface area contributed by atoms with Gasteiger partial charge in [-0.25, -0.2) is 0 Å². The highest BCUT2D eigenvalue weighted by molar-refractivity contribution is 6.18. The van der Waals surface area contributed by atoms with E-state index in [1.165, 1.54) is 18.4 Å². The van der Waals surface area contributed by atoms with Crippen molar-refractivity contribution in [3.05, 3.63) is 29.8 Å². The number of aliphatic hydroxyl groups is 1. The van der Waals surface area contributed by atoms with Gasteiger partial charge in [-0.05, 0) is 36.5 Å². The summed E-state index contributed by atoms with van der Waals surface area (Å²) < 4.78 is 0. The first-order chi connectivity index (χ1) is 8.21. The molecule has 17 heavy (non-hydrogen) atoms. The fraction of sp³-hybridized carbons (Fsp3) is 0.571. The van der Waals surface area contributed by atoms with Gasteiger partial charge in [0.25, 0.3) is 0 Å². The highest BCUT2D eigenvalue weighted by atomic mass is 35.5. The van der Waals surface area contributed by atoms with Gasteiger partial charge < -0.3 is 10.4 Å². The van der Waals surface area contributed by atoms with Crippen molar-refractivity contribution in [2.24, 2.45) is 0 Å². The summed E-state index contributed by atoms with van der Waals surface area (Å²) in [5.74, 6) is 0.913. The summed E-state index contributed by atoms with van der Waals surface area (Å²) in [6.45, 7) is 4.93. The maximum atomic E-state index is 9.34. The Balaban J connectivity index is 2.55. The molecule has 0 aliphatic rings. The zero-order valence-electron chi connectivity index (χ0n) is 10.6. The van der Waals surface area contributed by atoms with Crippen molar-refractivity contribution < 1.29 is 5.11 Å². The van der Waals surface area contributed by atoms with Gasteiger partial charge in [0.15, 0.2) is 0 Å². The zero-order valence-corrected chi connectivity index (χ0v) is 11.4. The first kappa shape index (κ1) is 14.3. The Kier molecular flexibility index (Phi) is 6.38. The van der Waals surface area contributed by atoms with Gasteiger partial charge in [0.1, 0.15) is 0 Å². The van der Waals surface area contributed by atoms with Gasteiger partial charge in [-0.3, -0.25) is 0 Å². The number of nitrogens with one attached hydrogen (secondary N) is 1. The van der Waals surface area contributed by atoms with Crippen LogP contribution in [0, 0.1) is 0 Å². The fourth-order valence-corrected chi connectivity index (χ4v) is 2.03. The van der Waals surface area contributed by atoms with E-state index in [1.807, 2.05) is 0 Å². The summed E-state index contributed by atoms with van der Waals surface area (Å²) in [5.41, 5.74) is 2.42. The molecule has 0 amide bonds. The lowest BCUT2D eigenvalue weighted by Gasteiger charge is -2.14. The van der Waals surface area contributed by atoms with Crippen LogP contribution < -0.4 is 5.32 Å². The third-order valence-corrected chi connectivity index (χ3v) is 3.44. The monoisotopic (exact) mass is 255 g/mol. The lowest BCUT2D eigenvalue weighted by atomic mass is 9.94. The van der Waals surface area contributed by atoms with Gasteiger partial charge in [-0.2, -0.15) is 0 Å². The SMILES string of the molecule is CCC(CC)c1ccc(NCC(O)CCl)cc1. The van der Waals surface area contributed by atoms with Gasteiger partial charge in [0.2, 0.25) is 0 Å². The average molecular weight is 256 g/mol. The molecular weight excluding hydrogens is 234 g/mol. The Hall–Kier alpha value is -0.730. The van der Waals surface area contributed by atoms with Crippen LogP contribution in [0.1, 0.15) is 38.2 Å².